The van der Waals surface area contributed by atoms with Gasteiger partial charge in [0.05, 0.1) is 0 Å². The summed E-state index contributed by atoms with van der Waals surface area (Å²) in [5.41, 5.74) is 7.53. The largest absolute Gasteiger partial charge is 0.347 e. The Morgan fingerprint density at radius 2 is 1.86 bits per heavy atom. The van der Waals surface area contributed by atoms with Crippen molar-refractivity contribution < 1.29 is 4.79 Å². The number of fused-ring (bicyclic) bond motifs is 2. The lowest BCUT2D eigenvalue weighted by Crippen LogP contribution is -2.53. The minimum atomic E-state index is -0.0360. The smallest absolute Gasteiger partial charge is 0.270 e. The number of amides is 1. The number of carbonyl (C=O) groups excluding carboxylic acids is 1. The Bertz CT molecular complexity index is 498. The first kappa shape index (κ1) is 19.2. The van der Waals surface area contributed by atoms with Crippen molar-refractivity contribution in [3.05, 3.63) is 29.6 Å². The highest BCUT2D eigenvalue weighted by Crippen LogP contribution is 2.39. The van der Waals surface area contributed by atoms with E-state index in [9.17, 15) is 4.79 Å². The lowest BCUT2D eigenvalue weighted by Gasteiger charge is -2.45. The Labute approximate surface area is 144 Å². The van der Waals surface area contributed by atoms with E-state index in [4.69, 9.17) is 5.73 Å². The molecule has 0 saturated heterocycles. The first-order valence-corrected chi connectivity index (χ1v) is 7.63. The third-order valence-electron chi connectivity index (χ3n) is 4.80. The molecule has 2 aliphatic rings. The molecule has 2 unspecified atom stereocenters. The van der Waals surface area contributed by atoms with Crippen molar-refractivity contribution in [3.8, 4) is 0 Å². The van der Waals surface area contributed by atoms with E-state index in [0.717, 1.165) is 18.5 Å². The van der Waals surface area contributed by atoms with E-state index in [1.165, 1.54) is 19.3 Å². The summed E-state index contributed by atoms with van der Waals surface area (Å²) in [6, 6.07) is 6.18. The van der Waals surface area contributed by atoms with Crippen LogP contribution in [0.25, 0.3) is 0 Å². The number of nitrogens with zero attached hydrogens (tertiary/aromatic N) is 1. The van der Waals surface area contributed by atoms with Gasteiger partial charge in [0.25, 0.3) is 5.91 Å². The molecule has 2 aliphatic carbocycles. The van der Waals surface area contributed by atoms with Gasteiger partial charge in [0.2, 0.25) is 0 Å². The summed E-state index contributed by atoms with van der Waals surface area (Å²) in [5.74, 6) is 1.06. The molecule has 1 aromatic rings. The number of aromatic nitrogens is 1. The summed E-state index contributed by atoms with van der Waals surface area (Å²) in [6.07, 6.45) is 5.75. The fraction of sp³-hybridized carbons (Fsp3) is 0.625. The van der Waals surface area contributed by atoms with Gasteiger partial charge in [0, 0.05) is 17.8 Å². The predicted molar refractivity (Wildman–Crippen MR) is 92.8 cm³/mol. The Balaban J connectivity index is 0.00000121. The van der Waals surface area contributed by atoms with Gasteiger partial charge in [-0.3, -0.25) is 4.79 Å². The standard InChI is InChI=1S/C16H23N3O.2ClH/c1-10-4-2-7-14(18-10)16(20)19-15-11-5-3-6-12(15)9-13(17)8-11;;/h2,4,7,11-13,15H,3,5-6,8-9,17H2,1H3,(H,19,20);2*1H. The Kier molecular flexibility index (Phi) is 7.10. The van der Waals surface area contributed by atoms with E-state index in [2.05, 4.69) is 10.3 Å². The summed E-state index contributed by atoms with van der Waals surface area (Å²) in [5, 5.41) is 3.23. The van der Waals surface area contributed by atoms with E-state index in [1.807, 2.05) is 19.1 Å². The zero-order valence-corrected chi connectivity index (χ0v) is 14.5. The Hall–Kier alpha value is -0.840. The molecule has 0 spiro atoms. The molecular weight excluding hydrogens is 321 g/mol. The molecule has 2 atom stereocenters. The molecule has 1 heterocycles. The van der Waals surface area contributed by atoms with Gasteiger partial charge in [-0.2, -0.15) is 0 Å². The Morgan fingerprint density at radius 1 is 1.23 bits per heavy atom. The van der Waals surface area contributed by atoms with Crippen molar-refractivity contribution in [3.63, 3.8) is 0 Å². The number of hydrogen-bond donors (Lipinski definition) is 2. The zero-order valence-electron chi connectivity index (χ0n) is 12.8. The van der Waals surface area contributed by atoms with Gasteiger partial charge in [0.1, 0.15) is 5.69 Å². The van der Waals surface area contributed by atoms with Crippen LogP contribution < -0.4 is 11.1 Å². The highest BCUT2D eigenvalue weighted by Gasteiger charge is 2.40. The molecule has 4 nitrogen and oxygen atoms in total. The van der Waals surface area contributed by atoms with Crippen LogP contribution in [0.3, 0.4) is 0 Å². The maximum atomic E-state index is 12.4. The van der Waals surface area contributed by atoms with Crippen LogP contribution in [0.1, 0.15) is 48.3 Å². The predicted octanol–water partition coefficient (Wildman–Crippen LogP) is 2.87. The summed E-state index contributed by atoms with van der Waals surface area (Å²) in [7, 11) is 0. The average molecular weight is 346 g/mol. The number of hydrogen-bond acceptors (Lipinski definition) is 3. The van der Waals surface area contributed by atoms with Gasteiger partial charge in [0.15, 0.2) is 0 Å². The molecule has 2 fully saturated rings. The summed E-state index contributed by atoms with van der Waals surface area (Å²) in [4.78, 5) is 16.7. The number of nitrogens with one attached hydrogen (secondary N) is 1. The van der Waals surface area contributed by atoms with Gasteiger partial charge in [-0.05, 0) is 56.6 Å². The second-order valence-electron chi connectivity index (χ2n) is 6.35. The first-order chi connectivity index (χ1) is 9.63. The number of nitrogens with two attached hydrogens (primary N) is 1. The SMILES string of the molecule is Cc1cccc(C(=O)NC2C3CCCC2CC(N)C3)n1.Cl.Cl. The molecule has 2 bridgehead atoms. The van der Waals surface area contributed by atoms with Crippen LogP contribution in [0, 0.1) is 18.8 Å². The van der Waals surface area contributed by atoms with Gasteiger partial charge in [-0.25, -0.2) is 4.98 Å². The van der Waals surface area contributed by atoms with E-state index < -0.39 is 0 Å². The van der Waals surface area contributed by atoms with E-state index in [0.29, 0.717) is 29.6 Å². The highest BCUT2D eigenvalue weighted by atomic mass is 35.5. The van der Waals surface area contributed by atoms with Crippen molar-refractivity contribution in [2.75, 3.05) is 0 Å². The topological polar surface area (TPSA) is 68.0 Å². The van der Waals surface area contributed by atoms with Gasteiger partial charge >= 0.3 is 0 Å². The number of aryl methyl sites for hydroxylation is 1. The van der Waals surface area contributed by atoms with Crippen LogP contribution in [-0.2, 0) is 0 Å². The monoisotopic (exact) mass is 345 g/mol. The molecule has 1 aromatic heterocycles. The molecule has 0 aromatic carbocycles. The molecule has 3 rings (SSSR count). The summed E-state index contributed by atoms with van der Waals surface area (Å²) >= 11 is 0. The van der Waals surface area contributed by atoms with E-state index in [1.54, 1.807) is 6.07 Å². The van der Waals surface area contributed by atoms with E-state index in [-0.39, 0.29) is 30.7 Å². The zero-order chi connectivity index (χ0) is 14.1. The molecule has 22 heavy (non-hydrogen) atoms. The van der Waals surface area contributed by atoms with Gasteiger partial charge < -0.3 is 11.1 Å². The average Bonchev–Trinajstić information content (AvgIpc) is 2.39. The van der Waals surface area contributed by atoms with Crippen LogP contribution in [0.4, 0.5) is 0 Å². The van der Waals surface area contributed by atoms with Crippen LogP contribution in [0.15, 0.2) is 18.2 Å². The van der Waals surface area contributed by atoms with Crippen molar-refractivity contribution in [2.45, 2.75) is 51.1 Å². The molecule has 0 aliphatic heterocycles. The molecule has 3 N–H and O–H groups in total. The van der Waals surface area contributed by atoms with Crippen molar-refractivity contribution in [2.24, 2.45) is 17.6 Å². The fourth-order valence-corrected chi connectivity index (χ4v) is 3.92. The lowest BCUT2D eigenvalue weighted by atomic mass is 9.67. The second kappa shape index (κ2) is 8.14. The number of pyridine rings is 1. The van der Waals surface area contributed by atoms with Crippen molar-refractivity contribution in [1.82, 2.24) is 10.3 Å². The van der Waals surface area contributed by atoms with Crippen molar-refractivity contribution >= 4 is 30.7 Å². The molecule has 2 saturated carbocycles. The van der Waals surface area contributed by atoms with Crippen LogP contribution >= 0.6 is 24.8 Å². The molecular formula is C16H25Cl2N3O. The maximum Gasteiger partial charge on any atom is 0.270 e. The fourth-order valence-electron chi connectivity index (χ4n) is 3.92. The third kappa shape index (κ3) is 4.12. The highest BCUT2D eigenvalue weighted by molar-refractivity contribution is 5.92. The lowest BCUT2D eigenvalue weighted by molar-refractivity contribution is 0.0751. The molecule has 1 amide bonds. The first-order valence-electron chi connectivity index (χ1n) is 7.63. The second-order valence-corrected chi connectivity index (χ2v) is 6.35. The Morgan fingerprint density at radius 3 is 2.45 bits per heavy atom. The normalized spacial score (nSPS) is 29.7. The molecule has 6 heteroatoms. The third-order valence-corrected chi connectivity index (χ3v) is 4.80. The van der Waals surface area contributed by atoms with E-state index >= 15 is 0 Å². The van der Waals surface area contributed by atoms with Gasteiger partial charge in [-0.1, -0.05) is 12.5 Å². The number of carbonyl (C=O) groups is 1. The summed E-state index contributed by atoms with van der Waals surface area (Å²) < 4.78 is 0. The minimum absolute atomic E-state index is 0. The number of halogens is 2. The molecule has 0 radical (unpaired) electrons. The van der Waals surface area contributed by atoms with Gasteiger partial charge in [-0.15, -0.1) is 24.8 Å². The maximum absolute atomic E-state index is 12.4. The van der Waals surface area contributed by atoms with Crippen LogP contribution in [0.5, 0.6) is 0 Å². The molecule has 124 valence electrons. The minimum Gasteiger partial charge on any atom is -0.347 e. The van der Waals surface area contributed by atoms with Crippen molar-refractivity contribution in [1.29, 1.82) is 0 Å². The summed E-state index contributed by atoms with van der Waals surface area (Å²) in [6.45, 7) is 1.91. The quantitative estimate of drug-likeness (QED) is 0.865. The van der Waals surface area contributed by atoms with Crippen LogP contribution in [-0.4, -0.2) is 23.0 Å². The number of rotatable bonds is 2. The van der Waals surface area contributed by atoms with Crippen LogP contribution in [0.2, 0.25) is 0 Å².